The van der Waals surface area contributed by atoms with Crippen LogP contribution in [-0.4, -0.2) is 13.7 Å². The number of hydrogen-bond donors (Lipinski definition) is 1. The molecule has 1 fully saturated rings. The number of halogens is 2. The van der Waals surface area contributed by atoms with Crippen LogP contribution < -0.4 is 10.1 Å². The Labute approximate surface area is 138 Å². The van der Waals surface area contributed by atoms with Crippen molar-refractivity contribution in [2.75, 3.05) is 13.7 Å². The lowest BCUT2D eigenvalue weighted by Gasteiger charge is -2.22. The van der Waals surface area contributed by atoms with E-state index in [1.807, 2.05) is 12.1 Å². The first-order valence-corrected chi connectivity index (χ1v) is 8.67. The number of hydrogen-bond acceptors (Lipinski definition) is 2. The first-order valence-electron chi connectivity index (χ1n) is 7.92. The Morgan fingerprint density at radius 1 is 1.24 bits per heavy atom. The third-order valence-corrected chi connectivity index (χ3v) is 5.06. The van der Waals surface area contributed by atoms with E-state index in [1.165, 1.54) is 32.1 Å². The van der Waals surface area contributed by atoms with Crippen molar-refractivity contribution in [3.63, 3.8) is 0 Å². The van der Waals surface area contributed by atoms with Crippen molar-refractivity contribution in [2.24, 2.45) is 5.92 Å². The molecule has 0 radical (unpaired) electrons. The second-order valence-electron chi connectivity index (χ2n) is 5.85. The van der Waals surface area contributed by atoms with Crippen molar-refractivity contribution in [3.05, 3.63) is 27.7 Å². The van der Waals surface area contributed by atoms with Crippen LogP contribution in [0.2, 0.25) is 10.0 Å². The van der Waals surface area contributed by atoms with Crippen molar-refractivity contribution in [1.29, 1.82) is 0 Å². The van der Waals surface area contributed by atoms with Crippen LogP contribution in [0.15, 0.2) is 12.1 Å². The van der Waals surface area contributed by atoms with Gasteiger partial charge in [-0.05, 0) is 36.9 Å². The molecule has 2 rings (SSSR count). The largest absolute Gasteiger partial charge is 0.495 e. The molecule has 0 spiro atoms. The minimum absolute atomic E-state index is 0.270. The van der Waals surface area contributed by atoms with Gasteiger partial charge in [-0.3, -0.25) is 0 Å². The zero-order valence-corrected chi connectivity index (χ0v) is 14.4. The lowest BCUT2D eigenvalue weighted by atomic mass is 9.94. The lowest BCUT2D eigenvalue weighted by Crippen LogP contribution is -2.22. The molecule has 1 N–H and O–H groups in total. The number of rotatable bonds is 7. The van der Waals surface area contributed by atoms with E-state index in [2.05, 4.69) is 12.2 Å². The number of methoxy groups -OCH3 is 1. The predicted molar refractivity (Wildman–Crippen MR) is 90.6 cm³/mol. The molecule has 0 amide bonds. The fourth-order valence-electron chi connectivity index (χ4n) is 3.28. The molecule has 1 aromatic rings. The summed E-state index contributed by atoms with van der Waals surface area (Å²) in [5.41, 5.74) is 1.09. The standard InChI is InChI=1S/C17H25Cl2NO/c1-3-20-16(9-8-12-6-4-5-7-12)13-10-15(19)17(21-2)11-14(13)18/h10-12,16,20H,3-9H2,1-2H3. The van der Waals surface area contributed by atoms with E-state index in [-0.39, 0.29) is 6.04 Å². The van der Waals surface area contributed by atoms with Crippen LogP contribution in [-0.2, 0) is 0 Å². The second kappa shape index (κ2) is 8.26. The van der Waals surface area contributed by atoms with Crippen LogP contribution in [0, 0.1) is 5.92 Å². The molecule has 2 nitrogen and oxygen atoms in total. The Balaban J connectivity index is 2.10. The van der Waals surface area contributed by atoms with E-state index in [4.69, 9.17) is 27.9 Å². The number of benzene rings is 1. The highest BCUT2D eigenvalue weighted by Gasteiger charge is 2.20. The van der Waals surface area contributed by atoms with Gasteiger partial charge in [0.05, 0.1) is 12.1 Å². The van der Waals surface area contributed by atoms with Crippen molar-refractivity contribution < 1.29 is 4.74 Å². The number of nitrogens with one attached hydrogen (secondary N) is 1. The van der Waals surface area contributed by atoms with Crippen LogP contribution in [0.5, 0.6) is 5.75 Å². The molecule has 1 atom stereocenters. The summed E-state index contributed by atoms with van der Waals surface area (Å²) < 4.78 is 5.22. The monoisotopic (exact) mass is 329 g/mol. The molecule has 118 valence electrons. The number of ether oxygens (including phenoxy) is 1. The molecule has 4 heteroatoms. The minimum Gasteiger partial charge on any atom is -0.495 e. The third-order valence-electron chi connectivity index (χ3n) is 4.44. The Hall–Kier alpha value is -0.440. The normalized spacial score (nSPS) is 17.1. The van der Waals surface area contributed by atoms with Gasteiger partial charge >= 0.3 is 0 Å². The topological polar surface area (TPSA) is 21.3 Å². The maximum Gasteiger partial charge on any atom is 0.138 e. The fourth-order valence-corrected chi connectivity index (χ4v) is 3.82. The van der Waals surface area contributed by atoms with Crippen LogP contribution in [0.25, 0.3) is 0 Å². The van der Waals surface area contributed by atoms with Crippen LogP contribution in [0.3, 0.4) is 0 Å². The Bertz CT molecular complexity index is 458. The summed E-state index contributed by atoms with van der Waals surface area (Å²) in [7, 11) is 1.61. The van der Waals surface area contributed by atoms with Crippen LogP contribution in [0.1, 0.15) is 57.1 Å². The van der Waals surface area contributed by atoms with Crippen molar-refractivity contribution in [1.82, 2.24) is 5.32 Å². The van der Waals surface area contributed by atoms with Gasteiger partial charge in [0.15, 0.2) is 0 Å². The van der Waals surface area contributed by atoms with E-state index in [0.717, 1.165) is 29.5 Å². The predicted octanol–water partition coefficient (Wildman–Crippen LogP) is 5.62. The smallest absolute Gasteiger partial charge is 0.138 e. The zero-order chi connectivity index (χ0) is 15.2. The summed E-state index contributed by atoms with van der Waals surface area (Å²) in [6.45, 7) is 3.05. The van der Waals surface area contributed by atoms with Gasteiger partial charge < -0.3 is 10.1 Å². The molecular formula is C17H25Cl2NO. The van der Waals surface area contributed by atoms with Gasteiger partial charge in [-0.2, -0.15) is 0 Å². The molecule has 1 aromatic carbocycles. The highest BCUT2D eigenvalue weighted by molar-refractivity contribution is 6.34. The molecule has 0 saturated heterocycles. The Kier molecular flexibility index (Phi) is 6.66. The van der Waals surface area contributed by atoms with E-state index >= 15 is 0 Å². The van der Waals surface area contributed by atoms with Crippen molar-refractivity contribution in [3.8, 4) is 5.75 Å². The van der Waals surface area contributed by atoms with Gasteiger partial charge in [0, 0.05) is 17.1 Å². The second-order valence-corrected chi connectivity index (χ2v) is 6.66. The van der Waals surface area contributed by atoms with E-state index in [1.54, 1.807) is 7.11 Å². The maximum atomic E-state index is 6.43. The maximum absolute atomic E-state index is 6.43. The summed E-state index contributed by atoms with van der Waals surface area (Å²) in [6, 6.07) is 4.04. The average Bonchev–Trinajstić information content (AvgIpc) is 2.99. The molecule has 1 saturated carbocycles. The van der Waals surface area contributed by atoms with Gasteiger partial charge in [-0.25, -0.2) is 0 Å². The molecule has 0 aromatic heterocycles. The van der Waals surface area contributed by atoms with Crippen molar-refractivity contribution >= 4 is 23.2 Å². The first kappa shape index (κ1) is 16.9. The SMILES string of the molecule is CCNC(CCC1CCCC1)c1cc(Cl)c(OC)cc1Cl. The molecule has 1 unspecified atom stereocenters. The molecule has 21 heavy (non-hydrogen) atoms. The summed E-state index contributed by atoms with van der Waals surface area (Å²) in [6.07, 6.45) is 7.93. The van der Waals surface area contributed by atoms with Gasteiger partial charge in [-0.1, -0.05) is 55.8 Å². The van der Waals surface area contributed by atoms with Crippen LogP contribution in [0.4, 0.5) is 0 Å². The highest BCUT2D eigenvalue weighted by atomic mass is 35.5. The summed E-state index contributed by atoms with van der Waals surface area (Å²) >= 11 is 12.7. The Morgan fingerprint density at radius 3 is 2.57 bits per heavy atom. The van der Waals surface area contributed by atoms with Crippen molar-refractivity contribution in [2.45, 2.75) is 51.5 Å². The minimum atomic E-state index is 0.270. The molecular weight excluding hydrogens is 305 g/mol. The first-order chi connectivity index (χ1) is 10.2. The molecule has 1 aliphatic carbocycles. The molecule has 0 heterocycles. The van der Waals surface area contributed by atoms with E-state index in [0.29, 0.717) is 10.8 Å². The van der Waals surface area contributed by atoms with E-state index < -0.39 is 0 Å². The highest BCUT2D eigenvalue weighted by Crippen LogP contribution is 2.37. The van der Waals surface area contributed by atoms with Gasteiger partial charge in [0.1, 0.15) is 5.75 Å². The van der Waals surface area contributed by atoms with Gasteiger partial charge in [-0.15, -0.1) is 0 Å². The zero-order valence-electron chi connectivity index (χ0n) is 12.9. The van der Waals surface area contributed by atoms with Gasteiger partial charge in [0.25, 0.3) is 0 Å². The quantitative estimate of drug-likeness (QED) is 0.700. The summed E-state index contributed by atoms with van der Waals surface area (Å²) in [5.74, 6) is 1.52. The summed E-state index contributed by atoms with van der Waals surface area (Å²) in [5, 5.41) is 4.90. The molecule has 0 aliphatic heterocycles. The van der Waals surface area contributed by atoms with Crippen LogP contribution >= 0.6 is 23.2 Å². The lowest BCUT2D eigenvalue weighted by molar-refractivity contribution is 0.410. The van der Waals surface area contributed by atoms with Gasteiger partial charge in [0.2, 0.25) is 0 Å². The average molecular weight is 330 g/mol. The summed E-state index contributed by atoms with van der Waals surface area (Å²) in [4.78, 5) is 0. The third kappa shape index (κ3) is 4.51. The molecule has 1 aliphatic rings. The van der Waals surface area contributed by atoms with E-state index in [9.17, 15) is 0 Å². The fraction of sp³-hybridized carbons (Fsp3) is 0.647. The Morgan fingerprint density at radius 2 is 1.95 bits per heavy atom. The molecule has 0 bridgehead atoms.